The van der Waals surface area contributed by atoms with Crippen molar-refractivity contribution in [2.75, 3.05) is 4.90 Å². The molecule has 1 aliphatic heterocycles. The van der Waals surface area contributed by atoms with Crippen LogP contribution < -0.4 is 9.64 Å². The van der Waals surface area contributed by atoms with E-state index >= 15 is 0 Å². The van der Waals surface area contributed by atoms with Gasteiger partial charge in [-0.05, 0) is 72.8 Å². The van der Waals surface area contributed by atoms with Crippen molar-refractivity contribution in [1.29, 1.82) is 5.26 Å². The molecule has 2 heterocycles. The molecule has 1 aromatic heterocycles. The first-order valence-electron chi connectivity index (χ1n) is 13.2. The summed E-state index contributed by atoms with van der Waals surface area (Å²) in [4.78, 5) is 20.0. The van der Waals surface area contributed by atoms with E-state index < -0.39 is 0 Å². The molecule has 0 aliphatic carbocycles. The molecular weight excluding hydrogens is 520 g/mol. The molecule has 0 N–H and O–H groups in total. The van der Waals surface area contributed by atoms with Gasteiger partial charge in [0.1, 0.15) is 0 Å². The maximum Gasteiger partial charge on any atom is 0.187 e. The smallest absolute Gasteiger partial charge is 0.187 e. The van der Waals surface area contributed by atoms with Crippen LogP contribution in [-0.2, 0) is 0 Å². The van der Waals surface area contributed by atoms with E-state index in [0.717, 1.165) is 45.3 Å². The minimum atomic E-state index is 0.494. The third-order valence-electron chi connectivity index (χ3n) is 6.98. The van der Waals surface area contributed by atoms with Crippen LogP contribution >= 0.6 is 0 Å². The van der Waals surface area contributed by atoms with Crippen LogP contribution in [0.5, 0.6) is 11.5 Å². The molecule has 196 valence electrons. The maximum absolute atomic E-state index is 9.23. The van der Waals surface area contributed by atoms with E-state index in [1.807, 2.05) is 97.1 Å². The standard InChI is InChI=1S/C35H20N6O/c1-37-27-18-14-25(15-19-27)34-38-33(24-12-10-23(22-36)11-13-24)39-35(40-34)26-16-20-28(21-17-26)41-29-6-2-4-8-31(29)42-32-9-5-3-7-30(32)41/h2-21H. The lowest BCUT2D eigenvalue weighted by Crippen LogP contribution is -2.15. The second-order valence-electron chi connectivity index (χ2n) is 9.57. The molecular formula is C35H20N6O. The predicted molar refractivity (Wildman–Crippen MR) is 162 cm³/mol. The number of fused-ring (bicyclic) bond motifs is 2. The Morgan fingerprint density at radius 3 is 1.52 bits per heavy atom. The Hall–Kier alpha value is -6.31. The normalized spacial score (nSPS) is 11.4. The minimum absolute atomic E-state index is 0.494. The highest BCUT2D eigenvalue weighted by atomic mass is 16.5. The van der Waals surface area contributed by atoms with Gasteiger partial charge in [0, 0.05) is 22.4 Å². The molecule has 7 nitrogen and oxygen atoms in total. The van der Waals surface area contributed by atoms with E-state index in [-0.39, 0.29) is 0 Å². The van der Waals surface area contributed by atoms with Gasteiger partial charge in [0.2, 0.25) is 0 Å². The molecule has 5 aromatic carbocycles. The van der Waals surface area contributed by atoms with Gasteiger partial charge in [-0.2, -0.15) is 5.26 Å². The summed E-state index contributed by atoms with van der Waals surface area (Å²) in [6, 6.07) is 40.5. The lowest BCUT2D eigenvalue weighted by atomic mass is 10.1. The summed E-state index contributed by atoms with van der Waals surface area (Å²) in [6.07, 6.45) is 0. The SMILES string of the molecule is [C-]#[N+]c1ccc(-c2nc(-c3ccc(C#N)cc3)nc(-c3ccc(N4c5ccccc5Oc5ccccc54)cc3)n2)cc1. The van der Waals surface area contributed by atoms with E-state index in [9.17, 15) is 5.26 Å². The molecule has 0 saturated heterocycles. The molecule has 0 saturated carbocycles. The summed E-state index contributed by atoms with van der Waals surface area (Å²) in [7, 11) is 0. The van der Waals surface area contributed by atoms with Crippen molar-refractivity contribution >= 4 is 22.7 Å². The van der Waals surface area contributed by atoms with Gasteiger partial charge in [-0.15, -0.1) is 0 Å². The molecule has 6 aromatic rings. The second-order valence-corrected chi connectivity index (χ2v) is 9.57. The van der Waals surface area contributed by atoms with Crippen molar-refractivity contribution in [2.45, 2.75) is 0 Å². The van der Waals surface area contributed by atoms with E-state index in [0.29, 0.717) is 28.7 Å². The van der Waals surface area contributed by atoms with Gasteiger partial charge in [0.05, 0.1) is 29.6 Å². The van der Waals surface area contributed by atoms with Crippen molar-refractivity contribution in [3.05, 3.63) is 138 Å². The zero-order valence-corrected chi connectivity index (χ0v) is 22.1. The number of nitrogens with zero attached hydrogens (tertiary/aromatic N) is 6. The van der Waals surface area contributed by atoms with Crippen LogP contribution in [0.15, 0.2) is 121 Å². The minimum Gasteiger partial charge on any atom is -0.453 e. The van der Waals surface area contributed by atoms with Gasteiger partial charge in [0.25, 0.3) is 0 Å². The number of nitriles is 1. The van der Waals surface area contributed by atoms with Crippen molar-refractivity contribution in [2.24, 2.45) is 0 Å². The van der Waals surface area contributed by atoms with Crippen LogP contribution in [0.1, 0.15) is 5.56 Å². The topological polar surface area (TPSA) is 79.3 Å². The number of anilines is 3. The quantitative estimate of drug-likeness (QED) is 0.208. The molecule has 42 heavy (non-hydrogen) atoms. The molecule has 7 rings (SSSR count). The number of benzene rings is 5. The zero-order chi connectivity index (χ0) is 28.5. The van der Waals surface area contributed by atoms with Gasteiger partial charge in [-0.1, -0.05) is 48.5 Å². The van der Waals surface area contributed by atoms with Gasteiger partial charge in [-0.25, -0.2) is 19.8 Å². The lowest BCUT2D eigenvalue weighted by Gasteiger charge is -2.32. The van der Waals surface area contributed by atoms with Crippen LogP contribution in [0.4, 0.5) is 22.7 Å². The first kappa shape index (κ1) is 24.7. The van der Waals surface area contributed by atoms with Gasteiger partial charge in [0.15, 0.2) is 34.7 Å². The van der Waals surface area contributed by atoms with Gasteiger partial charge >= 0.3 is 0 Å². The van der Waals surface area contributed by atoms with Gasteiger partial charge in [-0.3, -0.25) is 0 Å². The van der Waals surface area contributed by atoms with Crippen molar-refractivity contribution < 1.29 is 4.74 Å². The number of para-hydroxylation sites is 4. The first-order valence-corrected chi connectivity index (χ1v) is 13.2. The Labute approximate surface area is 242 Å². The van der Waals surface area contributed by atoms with Crippen molar-refractivity contribution in [1.82, 2.24) is 15.0 Å². The Kier molecular flexibility index (Phi) is 6.09. The van der Waals surface area contributed by atoms with Crippen molar-refractivity contribution in [3.8, 4) is 51.7 Å². The third kappa shape index (κ3) is 4.48. The average Bonchev–Trinajstić information content (AvgIpc) is 3.07. The zero-order valence-electron chi connectivity index (χ0n) is 22.1. The fourth-order valence-electron chi connectivity index (χ4n) is 4.88. The van der Waals surface area contributed by atoms with E-state index in [4.69, 9.17) is 26.3 Å². The van der Waals surface area contributed by atoms with Crippen molar-refractivity contribution in [3.63, 3.8) is 0 Å². The summed E-state index contributed by atoms with van der Waals surface area (Å²) in [5.41, 5.74) is 6.36. The molecule has 1 aliphatic rings. The molecule has 0 atom stereocenters. The third-order valence-corrected chi connectivity index (χ3v) is 6.98. The molecule has 0 unspecified atom stereocenters. The lowest BCUT2D eigenvalue weighted by molar-refractivity contribution is 0.477. The summed E-state index contributed by atoms with van der Waals surface area (Å²) in [5, 5.41) is 9.23. The first-order chi connectivity index (χ1) is 20.7. The van der Waals surface area contributed by atoms with Gasteiger partial charge < -0.3 is 9.64 Å². The van der Waals surface area contributed by atoms with Crippen LogP contribution in [0.25, 0.3) is 39.0 Å². The second kappa shape index (κ2) is 10.3. The Bertz CT molecular complexity index is 1900. The Balaban J connectivity index is 1.32. The van der Waals surface area contributed by atoms with Crippen LogP contribution in [0.3, 0.4) is 0 Å². The number of hydrogen-bond donors (Lipinski definition) is 0. The molecule has 0 fully saturated rings. The molecule has 0 spiro atoms. The Morgan fingerprint density at radius 1 is 0.595 bits per heavy atom. The van der Waals surface area contributed by atoms with E-state index in [1.54, 1.807) is 24.3 Å². The maximum atomic E-state index is 9.23. The summed E-state index contributed by atoms with van der Waals surface area (Å²) in [6.45, 7) is 7.27. The predicted octanol–water partition coefficient (Wildman–Crippen LogP) is 8.87. The van der Waals surface area contributed by atoms with E-state index in [2.05, 4.69) is 15.8 Å². The van der Waals surface area contributed by atoms with Crippen LogP contribution in [-0.4, -0.2) is 15.0 Å². The summed E-state index contributed by atoms with van der Waals surface area (Å²) >= 11 is 0. The highest BCUT2D eigenvalue weighted by Crippen LogP contribution is 2.50. The van der Waals surface area contributed by atoms with E-state index in [1.165, 1.54) is 0 Å². The molecule has 0 amide bonds. The monoisotopic (exact) mass is 540 g/mol. The fourth-order valence-corrected chi connectivity index (χ4v) is 4.88. The highest BCUT2D eigenvalue weighted by molar-refractivity contribution is 5.86. The molecule has 7 heteroatoms. The molecule has 0 bridgehead atoms. The summed E-state index contributed by atoms with van der Waals surface area (Å²) in [5.74, 6) is 3.09. The number of rotatable bonds is 4. The average molecular weight is 541 g/mol. The fraction of sp³-hybridized carbons (Fsp3) is 0. The molecule has 0 radical (unpaired) electrons. The number of hydrogen-bond acceptors (Lipinski definition) is 6. The number of aromatic nitrogens is 3. The van der Waals surface area contributed by atoms with Crippen LogP contribution in [0.2, 0.25) is 0 Å². The number of ether oxygens (including phenoxy) is 1. The van der Waals surface area contributed by atoms with Crippen LogP contribution in [0, 0.1) is 17.9 Å². The Morgan fingerprint density at radius 2 is 1.05 bits per heavy atom. The highest BCUT2D eigenvalue weighted by Gasteiger charge is 2.25. The summed E-state index contributed by atoms with van der Waals surface area (Å²) < 4.78 is 6.16. The largest absolute Gasteiger partial charge is 0.453 e.